The standard InChI is InChI=1S/C22H18N6O3/c1-10-3-17-18(31-22(30)28(17)2)7-13(10)16-5-11-6-19(25-9-15(11)20(24)26-16)27-21(29)14-4-12(14)8-23/h3,5-7,9,12,14H,4H2,1-2H3,(H2,24,26)(H,25,27,29). The van der Waals surface area contributed by atoms with Gasteiger partial charge in [0.25, 0.3) is 0 Å². The number of hydrogen-bond donors (Lipinski definition) is 2. The molecule has 0 saturated heterocycles. The zero-order chi connectivity index (χ0) is 21.9. The summed E-state index contributed by atoms with van der Waals surface area (Å²) in [7, 11) is 1.66. The van der Waals surface area contributed by atoms with E-state index in [1.807, 2.05) is 19.1 Å². The van der Waals surface area contributed by atoms with Crippen LogP contribution in [-0.4, -0.2) is 20.4 Å². The zero-order valence-corrected chi connectivity index (χ0v) is 16.8. The lowest BCUT2D eigenvalue weighted by molar-refractivity contribution is -0.117. The van der Waals surface area contributed by atoms with Gasteiger partial charge in [0.15, 0.2) is 5.58 Å². The van der Waals surface area contributed by atoms with Crippen LogP contribution >= 0.6 is 0 Å². The molecule has 5 rings (SSSR count). The Labute approximate surface area is 176 Å². The van der Waals surface area contributed by atoms with Crippen molar-refractivity contribution in [1.29, 1.82) is 5.26 Å². The van der Waals surface area contributed by atoms with Crippen LogP contribution in [0, 0.1) is 30.1 Å². The number of nitrogens with two attached hydrogens (primary N) is 1. The topological polar surface area (TPSA) is 140 Å². The molecule has 0 radical (unpaired) electrons. The average molecular weight is 414 g/mol. The van der Waals surface area contributed by atoms with Crippen LogP contribution in [0.25, 0.3) is 33.1 Å². The number of nitrogens with zero attached hydrogens (tertiary/aromatic N) is 4. The smallest absolute Gasteiger partial charge is 0.408 e. The molecule has 154 valence electrons. The van der Waals surface area contributed by atoms with Crippen molar-refractivity contribution in [2.24, 2.45) is 18.9 Å². The number of aromatic nitrogens is 3. The van der Waals surface area contributed by atoms with Crippen LogP contribution in [0.2, 0.25) is 0 Å². The summed E-state index contributed by atoms with van der Waals surface area (Å²) in [5.74, 6) is -0.449. The molecule has 1 saturated carbocycles. The number of fused-ring (bicyclic) bond motifs is 2. The van der Waals surface area contributed by atoms with Gasteiger partial charge in [0, 0.05) is 24.2 Å². The normalized spacial score (nSPS) is 17.6. The number of benzene rings is 1. The first-order valence-corrected chi connectivity index (χ1v) is 9.73. The lowest BCUT2D eigenvalue weighted by Crippen LogP contribution is -2.15. The molecule has 9 heteroatoms. The zero-order valence-electron chi connectivity index (χ0n) is 16.8. The fourth-order valence-corrected chi connectivity index (χ4v) is 3.78. The number of nitrogen functional groups attached to an aromatic ring is 1. The van der Waals surface area contributed by atoms with Crippen molar-refractivity contribution in [3.05, 3.63) is 46.6 Å². The highest BCUT2D eigenvalue weighted by atomic mass is 16.4. The molecule has 1 amide bonds. The first-order chi connectivity index (χ1) is 14.9. The summed E-state index contributed by atoms with van der Waals surface area (Å²) in [5.41, 5.74) is 9.66. The molecule has 0 spiro atoms. The Morgan fingerprint density at radius 3 is 2.90 bits per heavy atom. The van der Waals surface area contributed by atoms with Crippen molar-refractivity contribution in [3.8, 4) is 17.3 Å². The Bertz CT molecular complexity index is 1490. The van der Waals surface area contributed by atoms with Gasteiger partial charge in [-0.1, -0.05) is 0 Å². The number of carbonyl (C=O) groups is 1. The van der Waals surface area contributed by atoms with Crippen molar-refractivity contribution >= 4 is 39.4 Å². The van der Waals surface area contributed by atoms with E-state index in [1.165, 1.54) is 4.57 Å². The molecule has 0 bridgehead atoms. The van der Waals surface area contributed by atoms with Crippen molar-refractivity contribution in [2.75, 3.05) is 11.1 Å². The maximum atomic E-state index is 12.3. The third-order valence-electron chi connectivity index (χ3n) is 5.70. The van der Waals surface area contributed by atoms with Gasteiger partial charge in [-0.05, 0) is 48.6 Å². The lowest BCUT2D eigenvalue weighted by Gasteiger charge is -2.10. The van der Waals surface area contributed by atoms with E-state index in [0.29, 0.717) is 40.2 Å². The van der Waals surface area contributed by atoms with E-state index in [4.69, 9.17) is 15.4 Å². The van der Waals surface area contributed by atoms with Gasteiger partial charge < -0.3 is 15.5 Å². The number of oxazole rings is 1. The van der Waals surface area contributed by atoms with Crippen LogP contribution in [0.5, 0.6) is 0 Å². The molecule has 4 aromatic rings. The maximum Gasteiger partial charge on any atom is 0.419 e. The highest BCUT2D eigenvalue weighted by Crippen LogP contribution is 2.38. The van der Waals surface area contributed by atoms with E-state index in [0.717, 1.165) is 16.5 Å². The molecule has 1 aromatic carbocycles. The van der Waals surface area contributed by atoms with Crippen molar-refractivity contribution in [1.82, 2.24) is 14.5 Å². The molecule has 3 N–H and O–H groups in total. The molecular formula is C22H18N6O3. The van der Waals surface area contributed by atoms with Gasteiger partial charge in [0.1, 0.15) is 11.6 Å². The quantitative estimate of drug-likeness (QED) is 0.525. The molecule has 9 nitrogen and oxygen atoms in total. The van der Waals surface area contributed by atoms with Gasteiger partial charge in [0.05, 0.1) is 29.1 Å². The Hall–Kier alpha value is -4.19. The molecule has 1 aliphatic rings. The van der Waals surface area contributed by atoms with Gasteiger partial charge >= 0.3 is 5.76 Å². The van der Waals surface area contributed by atoms with E-state index in [2.05, 4.69) is 21.4 Å². The average Bonchev–Trinajstić information content (AvgIpc) is 3.48. The summed E-state index contributed by atoms with van der Waals surface area (Å²) < 4.78 is 6.76. The van der Waals surface area contributed by atoms with Crippen LogP contribution in [-0.2, 0) is 11.8 Å². The second-order valence-corrected chi connectivity index (χ2v) is 7.81. The van der Waals surface area contributed by atoms with Crippen LogP contribution in [0.3, 0.4) is 0 Å². The number of nitriles is 1. The first-order valence-electron chi connectivity index (χ1n) is 9.73. The van der Waals surface area contributed by atoms with Gasteiger partial charge in [0.2, 0.25) is 5.91 Å². The molecule has 0 aliphatic heterocycles. The number of rotatable bonds is 3. The summed E-state index contributed by atoms with van der Waals surface area (Å²) in [6.07, 6.45) is 2.15. The molecular weight excluding hydrogens is 396 g/mol. The number of aryl methyl sites for hydroxylation is 2. The predicted molar refractivity (Wildman–Crippen MR) is 115 cm³/mol. The number of amides is 1. The lowest BCUT2D eigenvalue weighted by atomic mass is 10.0. The first kappa shape index (κ1) is 18.8. The Kier molecular flexibility index (Phi) is 4.05. The molecule has 31 heavy (non-hydrogen) atoms. The molecule has 3 aromatic heterocycles. The van der Waals surface area contributed by atoms with Crippen LogP contribution in [0.15, 0.2) is 39.7 Å². The van der Waals surface area contributed by atoms with Crippen molar-refractivity contribution in [3.63, 3.8) is 0 Å². The Morgan fingerprint density at radius 1 is 1.35 bits per heavy atom. The maximum absolute atomic E-state index is 12.3. The van der Waals surface area contributed by atoms with Crippen LogP contribution < -0.4 is 16.8 Å². The fraction of sp³-hybridized carbons (Fsp3) is 0.227. The molecule has 2 atom stereocenters. The third-order valence-corrected chi connectivity index (χ3v) is 5.70. The molecule has 1 fully saturated rings. The van der Waals surface area contributed by atoms with Crippen molar-refractivity contribution in [2.45, 2.75) is 13.3 Å². The monoisotopic (exact) mass is 414 g/mol. The molecule has 1 aliphatic carbocycles. The minimum Gasteiger partial charge on any atom is -0.408 e. The minimum absolute atomic E-state index is 0.207. The molecule has 2 unspecified atom stereocenters. The minimum atomic E-state index is -0.432. The van der Waals surface area contributed by atoms with Crippen molar-refractivity contribution < 1.29 is 9.21 Å². The third kappa shape index (κ3) is 3.09. The van der Waals surface area contributed by atoms with E-state index in [-0.39, 0.29) is 17.7 Å². The summed E-state index contributed by atoms with van der Waals surface area (Å²) in [6.45, 7) is 1.92. The van der Waals surface area contributed by atoms with E-state index >= 15 is 0 Å². The second-order valence-electron chi connectivity index (χ2n) is 7.81. The number of pyridine rings is 2. The highest BCUT2D eigenvalue weighted by molar-refractivity contribution is 5.99. The Balaban J connectivity index is 1.56. The van der Waals surface area contributed by atoms with E-state index in [9.17, 15) is 9.59 Å². The number of carbonyl (C=O) groups excluding carboxylic acids is 1. The predicted octanol–water partition coefficient (Wildman–Crippen LogP) is 2.73. The van der Waals surface area contributed by atoms with Crippen LogP contribution in [0.4, 0.5) is 11.6 Å². The highest BCUT2D eigenvalue weighted by Gasteiger charge is 2.43. The SMILES string of the molecule is Cc1cc2c(cc1-c1cc3cc(NC(=O)C4CC4C#N)ncc3c(N)n1)oc(=O)n2C. The number of hydrogen-bond acceptors (Lipinski definition) is 7. The Morgan fingerprint density at radius 2 is 2.16 bits per heavy atom. The number of anilines is 2. The van der Waals surface area contributed by atoms with Gasteiger partial charge in [-0.25, -0.2) is 14.8 Å². The summed E-state index contributed by atoms with van der Waals surface area (Å²) >= 11 is 0. The van der Waals surface area contributed by atoms with E-state index in [1.54, 1.807) is 25.4 Å². The van der Waals surface area contributed by atoms with E-state index < -0.39 is 5.76 Å². The second kappa shape index (κ2) is 6.67. The number of nitrogens with one attached hydrogen (secondary N) is 1. The summed E-state index contributed by atoms with van der Waals surface area (Å²) in [6, 6.07) is 9.34. The van der Waals surface area contributed by atoms with Gasteiger partial charge in [-0.2, -0.15) is 5.26 Å². The van der Waals surface area contributed by atoms with Gasteiger partial charge in [-0.3, -0.25) is 9.36 Å². The summed E-state index contributed by atoms with van der Waals surface area (Å²) in [5, 5.41) is 13.1. The van der Waals surface area contributed by atoms with Gasteiger partial charge in [-0.15, -0.1) is 0 Å². The fourth-order valence-electron chi connectivity index (χ4n) is 3.78. The summed E-state index contributed by atoms with van der Waals surface area (Å²) in [4.78, 5) is 32.9. The van der Waals surface area contributed by atoms with Crippen LogP contribution in [0.1, 0.15) is 12.0 Å². The molecule has 3 heterocycles. The largest absolute Gasteiger partial charge is 0.419 e.